The molecule has 0 aliphatic heterocycles. The van der Waals surface area contributed by atoms with E-state index in [1.165, 1.54) is 6.92 Å². The predicted molar refractivity (Wildman–Crippen MR) is 64.2 cm³/mol. The van der Waals surface area contributed by atoms with Crippen LogP contribution in [0.4, 0.5) is 35.1 Å². The summed E-state index contributed by atoms with van der Waals surface area (Å²) in [6, 6.07) is 0. The van der Waals surface area contributed by atoms with Crippen LogP contribution >= 0.6 is 0 Å². The largest absolute Gasteiger partial charge is 0.423 e. The third-order valence-corrected chi connectivity index (χ3v) is 4.02. The van der Waals surface area contributed by atoms with Gasteiger partial charge in [-0.2, -0.15) is 22.0 Å². The first-order valence-electron chi connectivity index (χ1n) is 6.89. The highest BCUT2D eigenvalue weighted by molar-refractivity contribution is 5.18. The molecular weight excluding hydrogens is 340 g/mol. The Bertz CT molecular complexity index is 419. The first-order valence-corrected chi connectivity index (χ1v) is 6.89. The smallest absolute Gasteiger partial charge is 0.356 e. The number of ether oxygens (including phenoxy) is 2. The van der Waals surface area contributed by atoms with Crippen LogP contribution in [0.1, 0.15) is 33.6 Å². The molecule has 0 aromatic heterocycles. The fourth-order valence-electron chi connectivity index (χ4n) is 2.83. The Morgan fingerprint density at radius 1 is 1.04 bits per heavy atom. The molecule has 0 aromatic rings. The van der Waals surface area contributed by atoms with Crippen molar-refractivity contribution in [3.63, 3.8) is 0 Å². The molecule has 0 bridgehead atoms. The van der Waals surface area contributed by atoms with Gasteiger partial charge in [0, 0.05) is 13.5 Å². The number of alkyl halides is 8. The topological polar surface area (TPSA) is 18.5 Å². The summed E-state index contributed by atoms with van der Waals surface area (Å²) in [5, 5.41) is 0. The molecule has 2 nitrogen and oxygen atoms in total. The van der Waals surface area contributed by atoms with Crippen LogP contribution in [-0.4, -0.2) is 42.7 Å². The number of halogens is 8. The van der Waals surface area contributed by atoms with E-state index in [0.29, 0.717) is 0 Å². The molecule has 0 amide bonds. The highest BCUT2D eigenvalue weighted by Gasteiger charge is 2.84. The molecule has 1 saturated carbocycles. The van der Waals surface area contributed by atoms with Crippen LogP contribution in [0.3, 0.4) is 0 Å². The minimum atomic E-state index is -5.77. The van der Waals surface area contributed by atoms with Crippen molar-refractivity contribution >= 4 is 0 Å². The van der Waals surface area contributed by atoms with Gasteiger partial charge in [-0.1, -0.05) is 6.92 Å². The SMILES string of the molecule is CCOCOC1(C(F)(F)F)CC(C)CC(F)(C(C)(F)F)C1(F)F. The van der Waals surface area contributed by atoms with E-state index in [4.69, 9.17) is 0 Å². The van der Waals surface area contributed by atoms with Crippen molar-refractivity contribution < 1.29 is 44.6 Å². The lowest BCUT2D eigenvalue weighted by Gasteiger charge is -2.53. The molecule has 0 saturated heterocycles. The van der Waals surface area contributed by atoms with Crippen molar-refractivity contribution in [2.45, 2.75) is 62.9 Å². The van der Waals surface area contributed by atoms with Crippen molar-refractivity contribution in [3.8, 4) is 0 Å². The van der Waals surface area contributed by atoms with Crippen molar-refractivity contribution in [3.05, 3.63) is 0 Å². The molecule has 0 aromatic carbocycles. The van der Waals surface area contributed by atoms with E-state index < -0.39 is 54.8 Å². The Balaban J connectivity index is 3.47. The van der Waals surface area contributed by atoms with E-state index in [9.17, 15) is 35.1 Å². The van der Waals surface area contributed by atoms with Gasteiger partial charge in [0.15, 0.2) is 0 Å². The molecule has 23 heavy (non-hydrogen) atoms. The number of rotatable bonds is 5. The van der Waals surface area contributed by atoms with Gasteiger partial charge in [0.2, 0.25) is 11.3 Å². The molecule has 0 spiro atoms. The van der Waals surface area contributed by atoms with Gasteiger partial charge in [-0.25, -0.2) is 13.2 Å². The van der Waals surface area contributed by atoms with E-state index in [1.807, 2.05) is 0 Å². The van der Waals surface area contributed by atoms with Crippen LogP contribution in [-0.2, 0) is 9.47 Å². The standard InChI is InChI=1S/C13H18F8O2/c1-4-22-7-23-11(13(19,20)21)6-8(2)5-10(16,9(3,14)15)12(11,17)18/h8H,4-7H2,1-3H3. The van der Waals surface area contributed by atoms with E-state index in [1.54, 1.807) is 0 Å². The molecule has 1 fully saturated rings. The molecule has 0 N–H and O–H groups in total. The minimum absolute atomic E-state index is 0.153. The third-order valence-electron chi connectivity index (χ3n) is 4.02. The van der Waals surface area contributed by atoms with E-state index in [2.05, 4.69) is 9.47 Å². The molecular formula is C13H18F8O2. The second-order valence-corrected chi connectivity index (χ2v) is 5.86. The average Bonchev–Trinajstić information content (AvgIpc) is 2.32. The lowest BCUT2D eigenvalue weighted by molar-refractivity contribution is -0.417. The maximum Gasteiger partial charge on any atom is 0.423 e. The maximum atomic E-state index is 14.5. The van der Waals surface area contributed by atoms with Gasteiger partial charge in [0.05, 0.1) is 0 Å². The molecule has 0 radical (unpaired) electrons. The third kappa shape index (κ3) is 3.04. The lowest BCUT2D eigenvalue weighted by Crippen LogP contribution is -2.75. The summed E-state index contributed by atoms with van der Waals surface area (Å²) in [5.41, 5.74) is -9.08. The van der Waals surface area contributed by atoms with Crippen LogP contribution in [0.5, 0.6) is 0 Å². The predicted octanol–water partition coefficient (Wildman–Crippen LogP) is 4.73. The molecule has 3 unspecified atom stereocenters. The number of hydrogen-bond acceptors (Lipinski definition) is 2. The first kappa shape index (κ1) is 20.4. The van der Waals surface area contributed by atoms with Crippen molar-refractivity contribution in [1.82, 2.24) is 0 Å². The monoisotopic (exact) mass is 358 g/mol. The summed E-state index contributed by atoms with van der Waals surface area (Å²) >= 11 is 0. The maximum absolute atomic E-state index is 14.5. The highest BCUT2D eigenvalue weighted by atomic mass is 19.4. The van der Waals surface area contributed by atoms with Crippen LogP contribution in [0, 0.1) is 5.92 Å². The van der Waals surface area contributed by atoms with E-state index in [0.717, 1.165) is 6.92 Å². The summed E-state index contributed by atoms with van der Waals surface area (Å²) < 4.78 is 119. The summed E-state index contributed by atoms with van der Waals surface area (Å²) in [7, 11) is 0. The Labute approximate surface area is 128 Å². The first-order chi connectivity index (χ1) is 10.2. The molecule has 1 rings (SSSR count). The zero-order chi connectivity index (χ0) is 18.3. The van der Waals surface area contributed by atoms with Gasteiger partial charge in [-0.15, -0.1) is 0 Å². The second-order valence-electron chi connectivity index (χ2n) is 5.86. The zero-order valence-electron chi connectivity index (χ0n) is 12.7. The van der Waals surface area contributed by atoms with Gasteiger partial charge in [0.25, 0.3) is 5.92 Å². The summed E-state index contributed by atoms with van der Waals surface area (Å²) in [6.07, 6.45) is -8.54. The van der Waals surface area contributed by atoms with Gasteiger partial charge in [0.1, 0.15) is 6.79 Å². The van der Waals surface area contributed by atoms with Crippen LogP contribution in [0.25, 0.3) is 0 Å². The quantitative estimate of drug-likeness (QED) is 0.402. The fraction of sp³-hybridized carbons (Fsp3) is 1.00. The second kappa shape index (κ2) is 6.02. The summed E-state index contributed by atoms with van der Waals surface area (Å²) in [4.78, 5) is 0. The molecule has 1 aliphatic rings. The number of hydrogen-bond donors (Lipinski definition) is 0. The Morgan fingerprint density at radius 2 is 1.57 bits per heavy atom. The van der Waals surface area contributed by atoms with E-state index >= 15 is 0 Å². The Morgan fingerprint density at radius 3 is 1.96 bits per heavy atom. The molecule has 138 valence electrons. The van der Waals surface area contributed by atoms with Gasteiger partial charge >= 0.3 is 12.1 Å². The molecule has 3 atom stereocenters. The van der Waals surface area contributed by atoms with Crippen LogP contribution in [0.2, 0.25) is 0 Å². The van der Waals surface area contributed by atoms with Crippen molar-refractivity contribution in [1.29, 1.82) is 0 Å². The van der Waals surface area contributed by atoms with Gasteiger partial charge in [-0.05, 0) is 25.7 Å². The minimum Gasteiger partial charge on any atom is -0.356 e. The molecule has 1 aliphatic carbocycles. The fourth-order valence-corrected chi connectivity index (χ4v) is 2.83. The molecule has 0 heterocycles. The van der Waals surface area contributed by atoms with Gasteiger partial charge in [-0.3, -0.25) is 0 Å². The van der Waals surface area contributed by atoms with Crippen LogP contribution in [0.15, 0.2) is 0 Å². The summed E-state index contributed by atoms with van der Waals surface area (Å²) in [6.45, 7) is 0.816. The van der Waals surface area contributed by atoms with Gasteiger partial charge < -0.3 is 9.47 Å². The average molecular weight is 358 g/mol. The summed E-state index contributed by atoms with van der Waals surface area (Å²) in [5.74, 6) is -11.6. The van der Waals surface area contributed by atoms with E-state index in [-0.39, 0.29) is 13.5 Å². The Hall–Kier alpha value is -0.640. The Kier molecular flexibility index (Phi) is 5.34. The lowest BCUT2D eigenvalue weighted by atomic mass is 9.65. The van der Waals surface area contributed by atoms with Crippen molar-refractivity contribution in [2.75, 3.05) is 13.4 Å². The van der Waals surface area contributed by atoms with Crippen molar-refractivity contribution in [2.24, 2.45) is 5.92 Å². The van der Waals surface area contributed by atoms with Crippen LogP contribution < -0.4 is 0 Å². The highest BCUT2D eigenvalue weighted by Crippen LogP contribution is 2.63. The molecule has 10 heteroatoms. The zero-order valence-corrected chi connectivity index (χ0v) is 12.7. The normalized spacial score (nSPS) is 35.3.